The zero-order valence-electron chi connectivity index (χ0n) is 19.3. The van der Waals surface area contributed by atoms with Crippen LogP contribution in [-0.2, 0) is 16.0 Å². The van der Waals surface area contributed by atoms with Crippen molar-refractivity contribution in [1.29, 1.82) is 0 Å². The quantitative estimate of drug-likeness (QED) is 0.500. The van der Waals surface area contributed by atoms with E-state index in [1.165, 1.54) is 16.2 Å². The molecular formula is C26H24F2N4O3S. The first kappa shape index (κ1) is 24.1. The van der Waals surface area contributed by atoms with Gasteiger partial charge in [0.1, 0.15) is 17.7 Å². The molecule has 5 rings (SSSR count). The number of nitrogens with zero attached hydrogens (tertiary/aromatic N) is 2. The molecule has 7 nitrogen and oxygen atoms in total. The third kappa shape index (κ3) is 5.59. The summed E-state index contributed by atoms with van der Waals surface area (Å²) in [5, 5.41) is 7.95. The highest BCUT2D eigenvalue weighted by atomic mass is 32.1. The molecule has 186 valence electrons. The van der Waals surface area contributed by atoms with Crippen LogP contribution < -0.4 is 10.6 Å². The molecule has 36 heavy (non-hydrogen) atoms. The molecule has 2 N–H and O–H groups in total. The highest BCUT2D eigenvalue weighted by molar-refractivity contribution is 7.14. The van der Waals surface area contributed by atoms with Gasteiger partial charge in [-0.05, 0) is 55.5 Å². The van der Waals surface area contributed by atoms with Crippen LogP contribution in [0.5, 0.6) is 0 Å². The van der Waals surface area contributed by atoms with Crippen molar-refractivity contribution in [2.75, 3.05) is 11.9 Å². The molecule has 2 aliphatic rings. The Morgan fingerprint density at radius 3 is 2.44 bits per heavy atom. The van der Waals surface area contributed by atoms with E-state index in [4.69, 9.17) is 0 Å². The number of halogens is 2. The molecule has 1 aliphatic heterocycles. The van der Waals surface area contributed by atoms with Gasteiger partial charge in [0.15, 0.2) is 5.13 Å². The maximum Gasteiger partial charge on any atom is 0.251 e. The number of carbonyl (C=O) groups is 3. The van der Waals surface area contributed by atoms with Crippen molar-refractivity contribution >= 4 is 34.2 Å². The van der Waals surface area contributed by atoms with Crippen LogP contribution in [0, 0.1) is 11.6 Å². The van der Waals surface area contributed by atoms with Gasteiger partial charge < -0.3 is 15.5 Å². The van der Waals surface area contributed by atoms with Crippen molar-refractivity contribution < 1.29 is 23.2 Å². The van der Waals surface area contributed by atoms with E-state index in [1.54, 1.807) is 12.1 Å². The second-order valence-corrected chi connectivity index (χ2v) is 9.91. The van der Waals surface area contributed by atoms with E-state index < -0.39 is 17.7 Å². The molecular weight excluding hydrogens is 486 g/mol. The number of hydrogen-bond donors (Lipinski definition) is 2. The lowest BCUT2D eigenvalue weighted by atomic mass is 10.1. The average Bonchev–Trinajstić information content (AvgIpc) is 3.31. The third-order valence-corrected chi connectivity index (χ3v) is 7.00. The Hall–Kier alpha value is -3.66. The predicted molar refractivity (Wildman–Crippen MR) is 131 cm³/mol. The number of thiazole rings is 1. The molecule has 3 aromatic rings. The number of nitrogens with one attached hydrogen (secondary N) is 2. The number of amides is 3. The fourth-order valence-corrected chi connectivity index (χ4v) is 4.99. The topological polar surface area (TPSA) is 91.4 Å². The fraction of sp³-hybridized carbons (Fsp3) is 0.308. The van der Waals surface area contributed by atoms with Crippen molar-refractivity contribution in [1.82, 2.24) is 15.2 Å². The number of hydrogen-bond acceptors (Lipinski definition) is 5. The Balaban J connectivity index is 1.20. The van der Waals surface area contributed by atoms with Crippen LogP contribution in [0.15, 0.2) is 47.8 Å². The van der Waals surface area contributed by atoms with Gasteiger partial charge in [-0.3, -0.25) is 14.4 Å². The third-order valence-electron chi connectivity index (χ3n) is 6.24. The minimum absolute atomic E-state index is 0.0894. The first-order valence-corrected chi connectivity index (χ1v) is 12.7. The minimum atomic E-state index is -0.746. The highest BCUT2D eigenvalue weighted by Crippen LogP contribution is 2.27. The first-order chi connectivity index (χ1) is 17.4. The molecule has 2 fully saturated rings. The molecule has 3 amide bonds. The lowest BCUT2D eigenvalue weighted by Gasteiger charge is -2.23. The first-order valence-electron chi connectivity index (χ1n) is 11.8. The maximum atomic E-state index is 13.5. The molecule has 1 aromatic heterocycles. The largest absolute Gasteiger partial charge is 0.349 e. The summed E-state index contributed by atoms with van der Waals surface area (Å²) in [7, 11) is 0. The van der Waals surface area contributed by atoms with Crippen LogP contribution in [0.4, 0.5) is 13.9 Å². The van der Waals surface area contributed by atoms with E-state index in [1.807, 2.05) is 17.5 Å². The molecule has 1 atom stereocenters. The smallest absolute Gasteiger partial charge is 0.251 e. The summed E-state index contributed by atoms with van der Waals surface area (Å²) in [6, 6.07) is 9.73. The lowest BCUT2D eigenvalue weighted by molar-refractivity contribution is -0.136. The van der Waals surface area contributed by atoms with E-state index in [-0.39, 0.29) is 35.7 Å². The summed E-state index contributed by atoms with van der Waals surface area (Å²) in [4.78, 5) is 43.8. The van der Waals surface area contributed by atoms with E-state index in [9.17, 15) is 23.2 Å². The molecule has 1 saturated carbocycles. The highest BCUT2D eigenvalue weighted by Gasteiger charge is 2.34. The number of benzene rings is 2. The van der Waals surface area contributed by atoms with Crippen LogP contribution in [0.2, 0.25) is 0 Å². The number of aromatic nitrogens is 1. The number of likely N-dealkylation sites (tertiary alicyclic amines) is 1. The van der Waals surface area contributed by atoms with Crippen molar-refractivity contribution in [2.45, 2.75) is 44.2 Å². The van der Waals surface area contributed by atoms with Crippen LogP contribution in [0.3, 0.4) is 0 Å². The minimum Gasteiger partial charge on any atom is -0.349 e. The monoisotopic (exact) mass is 510 g/mol. The Labute approximate surface area is 210 Å². The van der Waals surface area contributed by atoms with Crippen molar-refractivity contribution in [3.05, 3.63) is 70.6 Å². The van der Waals surface area contributed by atoms with Crippen molar-refractivity contribution in [3.8, 4) is 11.3 Å². The van der Waals surface area contributed by atoms with Gasteiger partial charge in [0.2, 0.25) is 11.8 Å². The lowest BCUT2D eigenvalue weighted by Crippen LogP contribution is -2.43. The van der Waals surface area contributed by atoms with Crippen LogP contribution in [0.25, 0.3) is 11.3 Å². The average molecular weight is 511 g/mol. The van der Waals surface area contributed by atoms with E-state index >= 15 is 0 Å². The van der Waals surface area contributed by atoms with Gasteiger partial charge in [-0.25, -0.2) is 13.8 Å². The van der Waals surface area contributed by atoms with Gasteiger partial charge >= 0.3 is 0 Å². The number of anilines is 1. The number of carbonyl (C=O) groups excluding carboxylic acids is 3. The Kier molecular flexibility index (Phi) is 6.77. The Morgan fingerprint density at radius 2 is 1.75 bits per heavy atom. The predicted octanol–water partition coefficient (Wildman–Crippen LogP) is 4.15. The maximum absolute atomic E-state index is 13.5. The summed E-state index contributed by atoms with van der Waals surface area (Å²) in [6.07, 6.45) is 3.02. The Morgan fingerprint density at radius 1 is 1.03 bits per heavy atom. The number of rotatable bonds is 7. The van der Waals surface area contributed by atoms with Crippen LogP contribution in [0.1, 0.15) is 41.6 Å². The molecule has 2 heterocycles. The van der Waals surface area contributed by atoms with Crippen molar-refractivity contribution in [3.63, 3.8) is 0 Å². The van der Waals surface area contributed by atoms with E-state index in [2.05, 4.69) is 15.6 Å². The van der Waals surface area contributed by atoms with Gasteiger partial charge in [0, 0.05) is 35.2 Å². The molecule has 0 bridgehead atoms. The Bertz CT molecular complexity index is 1290. The van der Waals surface area contributed by atoms with Gasteiger partial charge in [-0.1, -0.05) is 12.1 Å². The summed E-state index contributed by atoms with van der Waals surface area (Å²) < 4.78 is 27.0. The van der Waals surface area contributed by atoms with Crippen molar-refractivity contribution in [2.24, 2.45) is 0 Å². The molecule has 0 unspecified atom stereocenters. The molecule has 1 aliphatic carbocycles. The molecule has 0 radical (unpaired) electrons. The van der Waals surface area contributed by atoms with Crippen LogP contribution >= 0.6 is 11.3 Å². The van der Waals surface area contributed by atoms with Crippen LogP contribution in [-0.4, -0.2) is 46.2 Å². The van der Waals surface area contributed by atoms with Gasteiger partial charge in [0.05, 0.1) is 12.1 Å². The van der Waals surface area contributed by atoms with E-state index in [0.29, 0.717) is 35.8 Å². The second kappa shape index (κ2) is 10.1. The second-order valence-electron chi connectivity index (χ2n) is 9.05. The fourth-order valence-electron chi connectivity index (χ4n) is 4.27. The zero-order valence-corrected chi connectivity index (χ0v) is 20.1. The van der Waals surface area contributed by atoms with E-state index in [0.717, 1.165) is 36.6 Å². The normalized spacial score (nSPS) is 17.2. The summed E-state index contributed by atoms with van der Waals surface area (Å²) in [5.41, 5.74) is 2.29. The summed E-state index contributed by atoms with van der Waals surface area (Å²) in [5.74, 6) is -2.29. The van der Waals surface area contributed by atoms with Gasteiger partial charge in [-0.15, -0.1) is 11.3 Å². The zero-order chi connectivity index (χ0) is 25.2. The summed E-state index contributed by atoms with van der Waals surface area (Å²) in [6.45, 7) is 0.401. The van der Waals surface area contributed by atoms with Gasteiger partial charge in [-0.2, -0.15) is 0 Å². The summed E-state index contributed by atoms with van der Waals surface area (Å²) >= 11 is 1.27. The SMILES string of the molecule is O=C(NC1CC1)c1ccc(-c2csc(NC(=O)[C@@H]3CCCN3C(=O)Cc3cc(F)cc(F)c3)n2)cc1. The molecule has 10 heteroatoms. The van der Waals surface area contributed by atoms with Gasteiger partial charge in [0.25, 0.3) is 5.91 Å². The standard InChI is InChI=1S/C26H24F2N4O3S/c27-18-10-15(11-19(28)13-18)12-23(33)32-9-1-2-22(32)25(35)31-26-30-21(14-36-26)16-3-5-17(6-4-16)24(34)29-20-7-8-20/h3-6,10-11,13-14,20,22H,1-2,7-9,12H2,(H,29,34)(H,30,31,35)/t22-/m0/s1. The molecule has 0 spiro atoms. The molecule has 2 aromatic carbocycles. The molecule has 1 saturated heterocycles.